The second-order valence-corrected chi connectivity index (χ2v) is 6.59. The van der Waals surface area contributed by atoms with Gasteiger partial charge in [-0.05, 0) is 25.2 Å². The Morgan fingerprint density at radius 1 is 1.44 bits per heavy atom. The Kier molecular flexibility index (Phi) is 5.14. The molecule has 4 nitrogen and oxygen atoms in total. The summed E-state index contributed by atoms with van der Waals surface area (Å²) in [6, 6.07) is 0. The highest BCUT2D eigenvalue weighted by atomic mass is 32.2. The maximum absolute atomic E-state index is 11.9. The monoisotopic (exact) mass is 253 g/mol. The Balaban J connectivity index is 2.47. The normalized spacial score (nSPS) is 26.5. The van der Waals surface area contributed by atoms with E-state index in [-0.39, 0.29) is 24.2 Å². The summed E-state index contributed by atoms with van der Waals surface area (Å²) >= 11 is 0. The zero-order valence-corrected chi connectivity index (χ0v) is 10.4. The van der Waals surface area contributed by atoms with Crippen molar-refractivity contribution in [1.29, 1.82) is 0 Å². The number of nitrogens with zero attached hydrogens (tertiary/aromatic N) is 1. The molecular weight excluding hydrogens is 233 g/mol. The standard InChI is InChI=1S/C10H20FNO3S/c1-12(16(14,15)7-3-6-11)8-9-4-2-5-10(9)13/h9-10,13H,2-8H2,1H3. The fraction of sp³-hybridized carbons (Fsp3) is 1.00. The lowest BCUT2D eigenvalue weighted by Gasteiger charge is -2.22. The predicted molar refractivity (Wildman–Crippen MR) is 60.4 cm³/mol. The molecule has 16 heavy (non-hydrogen) atoms. The smallest absolute Gasteiger partial charge is 0.213 e. The molecule has 1 saturated carbocycles. The van der Waals surface area contributed by atoms with Crippen molar-refractivity contribution in [2.24, 2.45) is 5.92 Å². The molecule has 2 unspecified atom stereocenters. The van der Waals surface area contributed by atoms with Crippen molar-refractivity contribution in [1.82, 2.24) is 4.31 Å². The molecule has 96 valence electrons. The predicted octanol–water partition coefficient (Wildman–Crippen LogP) is 0.769. The first kappa shape index (κ1) is 13.9. The van der Waals surface area contributed by atoms with E-state index in [1.807, 2.05) is 0 Å². The Hall–Kier alpha value is -0.200. The molecule has 1 aliphatic rings. The highest BCUT2D eigenvalue weighted by Gasteiger charge is 2.29. The van der Waals surface area contributed by atoms with Crippen molar-refractivity contribution in [2.45, 2.75) is 31.8 Å². The van der Waals surface area contributed by atoms with E-state index in [0.717, 1.165) is 19.3 Å². The van der Waals surface area contributed by atoms with E-state index < -0.39 is 16.7 Å². The van der Waals surface area contributed by atoms with Crippen LogP contribution in [0.1, 0.15) is 25.7 Å². The lowest BCUT2D eigenvalue weighted by molar-refractivity contribution is 0.123. The van der Waals surface area contributed by atoms with Gasteiger partial charge >= 0.3 is 0 Å². The fourth-order valence-corrected chi connectivity index (χ4v) is 3.27. The number of alkyl halides is 1. The molecule has 6 heteroatoms. The summed E-state index contributed by atoms with van der Waals surface area (Å²) < 4.78 is 36.5. The van der Waals surface area contributed by atoms with Crippen molar-refractivity contribution in [2.75, 3.05) is 26.0 Å². The van der Waals surface area contributed by atoms with Gasteiger partial charge in [-0.15, -0.1) is 0 Å². The Morgan fingerprint density at radius 2 is 2.12 bits per heavy atom. The summed E-state index contributed by atoms with van der Waals surface area (Å²) in [6.07, 6.45) is 2.22. The Morgan fingerprint density at radius 3 is 2.62 bits per heavy atom. The Bertz CT molecular complexity index is 307. The van der Waals surface area contributed by atoms with Crippen LogP contribution in [0.2, 0.25) is 0 Å². The number of hydrogen-bond donors (Lipinski definition) is 1. The molecule has 0 aliphatic heterocycles. The third-order valence-electron chi connectivity index (χ3n) is 3.12. The van der Waals surface area contributed by atoms with E-state index >= 15 is 0 Å². The number of halogens is 1. The van der Waals surface area contributed by atoms with Gasteiger partial charge in [-0.2, -0.15) is 0 Å². The van der Waals surface area contributed by atoms with E-state index in [4.69, 9.17) is 0 Å². The van der Waals surface area contributed by atoms with Crippen molar-refractivity contribution >= 4 is 10.0 Å². The van der Waals surface area contributed by atoms with Crippen LogP contribution in [-0.2, 0) is 10.0 Å². The van der Waals surface area contributed by atoms with Crippen LogP contribution in [-0.4, -0.2) is 50.0 Å². The van der Waals surface area contributed by atoms with Crippen LogP contribution in [0.25, 0.3) is 0 Å². The highest BCUT2D eigenvalue weighted by Crippen LogP contribution is 2.26. The molecule has 0 aromatic carbocycles. The zero-order chi connectivity index (χ0) is 12.2. The van der Waals surface area contributed by atoms with Gasteiger partial charge in [0.25, 0.3) is 0 Å². The molecule has 1 aliphatic carbocycles. The number of aliphatic hydroxyl groups excluding tert-OH is 1. The van der Waals surface area contributed by atoms with Crippen LogP contribution in [0, 0.1) is 5.92 Å². The molecule has 0 saturated heterocycles. The molecule has 0 spiro atoms. The molecule has 0 aromatic rings. The second-order valence-electron chi connectivity index (χ2n) is 4.40. The van der Waals surface area contributed by atoms with Crippen LogP contribution in [0.5, 0.6) is 0 Å². The molecule has 0 heterocycles. The lowest BCUT2D eigenvalue weighted by Crippen LogP contribution is -2.36. The molecular formula is C10H20FNO3S. The minimum atomic E-state index is -3.35. The first-order chi connectivity index (χ1) is 7.47. The minimum Gasteiger partial charge on any atom is -0.393 e. The third kappa shape index (κ3) is 3.68. The lowest BCUT2D eigenvalue weighted by atomic mass is 10.1. The summed E-state index contributed by atoms with van der Waals surface area (Å²) in [7, 11) is -1.85. The topological polar surface area (TPSA) is 57.6 Å². The van der Waals surface area contributed by atoms with Gasteiger partial charge in [-0.25, -0.2) is 12.7 Å². The van der Waals surface area contributed by atoms with Gasteiger partial charge in [-0.3, -0.25) is 4.39 Å². The van der Waals surface area contributed by atoms with Gasteiger partial charge in [0.05, 0.1) is 18.5 Å². The van der Waals surface area contributed by atoms with Gasteiger partial charge in [0.2, 0.25) is 10.0 Å². The average Bonchev–Trinajstić information content (AvgIpc) is 2.61. The zero-order valence-electron chi connectivity index (χ0n) is 9.60. The molecule has 1 fully saturated rings. The molecule has 2 atom stereocenters. The van der Waals surface area contributed by atoms with Crippen LogP contribution in [0.3, 0.4) is 0 Å². The average molecular weight is 253 g/mol. The van der Waals surface area contributed by atoms with Gasteiger partial charge in [0, 0.05) is 13.6 Å². The summed E-state index contributed by atoms with van der Waals surface area (Å²) in [4.78, 5) is 0. The van der Waals surface area contributed by atoms with Gasteiger partial charge in [0.1, 0.15) is 0 Å². The molecule has 0 radical (unpaired) electrons. The molecule has 0 bridgehead atoms. The van der Waals surface area contributed by atoms with Crippen LogP contribution in [0.4, 0.5) is 4.39 Å². The van der Waals surface area contributed by atoms with Gasteiger partial charge in [-0.1, -0.05) is 6.42 Å². The summed E-state index contributed by atoms with van der Waals surface area (Å²) in [5.41, 5.74) is 0. The van der Waals surface area contributed by atoms with E-state index in [2.05, 4.69) is 0 Å². The van der Waals surface area contributed by atoms with Crippen LogP contribution < -0.4 is 0 Å². The first-order valence-electron chi connectivity index (χ1n) is 5.65. The van der Waals surface area contributed by atoms with E-state index in [1.54, 1.807) is 0 Å². The Labute approximate surface area is 96.5 Å². The van der Waals surface area contributed by atoms with E-state index in [0.29, 0.717) is 6.54 Å². The highest BCUT2D eigenvalue weighted by molar-refractivity contribution is 7.89. The van der Waals surface area contributed by atoms with Crippen molar-refractivity contribution in [3.63, 3.8) is 0 Å². The summed E-state index contributed by atoms with van der Waals surface area (Å²) in [5.74, 6) is -0.117. The summed E-state index contributed by atoms with van der Waals surface area (Å²) in [6.45, 7) is -0.269. The number of hydrogen-bond acceptors (Lipinski definition) is 3. The quantitative estimate of drug-likeness (QED) is 0.760. The van der Waals surface area contributed by atoms with Gasteiger partial charge in [0.15, 0.2) is 0 Å². The van der Waals surface area contributed by atoms with Crippen molar-refractivity contribution in [3.8, 4) is 0 Å². The van der Waals surface area contributed by atoms with E-state index in [9.17, 15) is 17.9 Å². The van der Waals surface area contributed by atoms with Crippen LogP contribution in [0.15, 0.2) is 0 Å². The van der Waals surface area contributed by atoms with Crippen LogP contribution >= 0.6 is 0 Å². The fourth-order valence-electron chi connectivity index (χ4n) is 2.07. The van der Waals surface area contributed by atoms with Gasteiger partial charge < -0.3 is 5.11 Å². The largest absolute Gasteiger partial charge is 0.393 e. The summed E-state index contributed by atoms with van der Waals surface area (Å²) in [5, 5.41) is 9.60. The first-order valence-corrected chi connectivity index (χ1v) is 7.26. The molecule has 1 rings (SSSR count). The SMILES string of the molecule is CN(CC1CCCC1O)S(=O)(=O)CCCF. The maximum atomic E-state index is 11.9. The van der Waals surface area contributed by atoms with Crippen molar-refractivity contribution < 1.29 is 17.9 Å². The molecule has 1 N–H and O–H groups in total. The minimum absolute atomic E-state index is 0.0325. The third-order valence-corrected chi connectivity index (χ3v) is 5.02. The van der Waals surface area contributed by atoms with E-state index in [1.165, 1.54) is 11.4 Å². The number of rotatable bonds is 6. The van der Waals surface area contributed by atoms with Crippen molar-refractivity contribution in [3.05, 3.63) is 0 Å². The second kappa shape index (κ2) is 5.93. The molecule has 0 amide bonds. The number of aliphatic hydroxyl groups is 1. The maximum Gasteiger partial charge on any atom is 0.213 e. The number of sulfonamides is 1. The molecule has 0 aromatic heterocycles.